The number of carboxylic acid groups (broad SMARTS) is 1. The Balaban J connectivity index is 2.47. The first-order chi connectivity index (χ1) is 9.03. The van der Waals surface area contributed by atoms with Crippen LogP contribution >= 0.6 is 0 Å². The summed E-state index contributed by atoms with van der Waals surface area (Å²) in [4.78, 5) is 21.0. The molecule has 6 heteroatoms. The number of carboxylic acids is 1. The van der Waals surface area contributed by atoms with Crippen molar-refractivity contribution in [2.75, 3.05) is 11.4 Å². The summed E-state index contributed by atoms with van der Waals surface area (Å²) in [7, 11) is 0. The lowest BCUT2D eigenvalue weighted by Crippen LogP contribution is -2.51. The molecule has 0 amide bonds. The van der Waals surface area contributed by atoms with E-state index < -0.39 is 17.3 Å². The minimum atomic E-state index is -1.03. The molecule has 1 fully saturated rings. The van der Waals surface area contributed by atoms with Gasteiger partial charge in [-0.2, -0.15) is 0 Å². The van der Waals surface area contributed by atoms with Crippen LogP contribution in [0.15, 0.2) is 6.33 Å². The molecule has 2 rings (SSSR count). The average molecular weight is 267 g/mol. The van der Waals surface area contributed by atoms with E-state index in [-0.39, 0.29) is 11.5 Å². The van der Waals surface area contributed by atoms with Gasteiger partial charge in [-0.15, -0.1) is 0 Å². The standard InChI is InChI=1S/C13H18FN3O2/c1-3-5-13(12(18)19)6-4-7-17(13)11-10(14)9(2)15-8-16-11/h8H,3-7H2,1-2H3,(H,18,19). The SMILES string of the molecule is CCCC1(C(=O)O)CCCN1c1ncnc(C)c1F. The maximum Gasteiger partial charge on any atom is 0.329 e. The van der Waals surface area contributed by atoms with Gasteiger partial charge in [0.2, 0.25) is 0 Å². The number of aromatic nitrogens is 2. The molecule has 1 aromatic heterocycles. The van der Waals surface area contributed by atoms with Crippen molar-refractivity contribution < 1.29 is 14.3 Å². The molecule has 1 atom stereocenters. The second-order valence-corrected chi connectivity index (χ2v) is 4.94. The minimum Gasteiger partial charge on any atom is -0.479 e. The van der Waals surface area contributed by atoms with Crippen molar-refractivity contribution in [1.29, 1.82) is 0 Å². The molecule has 2 heterocycles. The summed E-state index contributed by atoms with van der Waals surface area (Å²) in [5.41, 5.74) is -0.788. The maximum absolute atomic E-state index is 14.1. The molecule has 1 unspecified atom stereocenters. The third-order valence-electron chi connectivity index (χ3n) is 3.75. The van der Waals surface area contributed by atoms with Crippen LogP contribution in [0.3, 0.4) is 0 Å². The van der Waals surface area contributed by atoms with Gasteiger partial charge in [-0.25, -0.2) is 19.2 Å². The molecule has 1 N–H and O–H groups in total. The first kappa shape index (κ1) is 13.7. The largest absolute Gasteiger partial charge is 0.479 e. The molecule has 1 aliphatic rings. The van der Waals surface area contributed by atoms with Crippen LogP contribution in [0.4, 0.5) is 10.2 Å². The topological polar surface area (TPSA) is 66.3 Å². The van der Waals surface area contributed by atoms with E-state index in [4.69, 9.17) is 0 Å². The molecule has 19 heavy (non-hydrogen) atoms. The number of nitrogens with zero attached hydrogens (tertiary/aromatic N) is 3. The van der Waals surface area contributed by atoms with E-state index in [1.807, 2.05) is 6.92 Å². The molecule has 5 nitrogen and oxygen atoms in total. The Bertz CT molecular complexity index is 495. The minimum absolute atomic E-state index is 0.112. The molecule has 0 radical (unpaired) electrons. The summed E-state index contributed by atoms with van der Waals surface area (Å²) >= 11 is 0. The Morgan fingerprint density at radius 3 is 2.95 bits per heavy atom. The molecule has 0 aliphatic carbocycles. The maximum atomic E-state index is 14.1. The highest BCUT2D eigenvalue weighted by Gasteiger charge is 2.48. The molecule has 0 aromatic carbocycles. The van der Waals surface area contributed by atoms with E-state index in [9.17, 15) is 14.3 Å². The van der Waals surface area contributed by atoms with E-state index in [2.05, 4.69) is 9.97 Å². The van der Waals surface area contributed by atoms with Gasteiger partial charge in [-0.3, -0.25) is 0 Å². The van der Waals surface area contributed by atoms with E-state index in [1.54, 1.807) is 11.8 Å². The molecular weight excluding hydrogens is 249 g/mol. The Morgan fingerprint density at radius 2 is 2.32 bits per heavy atom. The van der Waals surface area contributed by atoms with Crippen LogP contribution < -0.4 is 4.90 Å². The number of anilines is 1. The predicted octanol–water partition coefficient (Wildman–Crippen LogP) is 2.15. The monoisotopic (exact) mass is 267 g/mol. The van der Waals surface area contributed by atoms with Gasteiger partial charge in [0.15, 0.2) is 11.6 Å². The highest BCUT2D eigenvalue weighted by Crippen LogP contribution is 2.38. The molecule has 0 saturated carbocycles. The summed E-state index contributed by atoms with van der Waals surface area (Å²) < 4.78 is 14.1. The van der Waals surface area contributed by atoms with Gasteiger partial charge in [-0.1, -0.05) is 13.3 Å². The number of rotatable bonds is 4. The molecule has 1 saturated heterocycles. The normalized spacial score (nSPS) is 22.8. The lowest BCUT2D eigenvalue weighted by Gasteiger charge is -2.35. The van der Waals surface area contributed by atoms with E-state index in [1.165, 1.54) is 6.33 Å². The quantitative estimate of drug-likeness (QED) is 0.905. The van der Waals surface area contributed by atoms with Gasteiger partial charge < -0.3 is 10.0 Å². The van der Waals surface area contributed by atoms with Crippen molar-refractivity contribution in [1.82, 2.24) is 9.97 Å². The van der Waals surface area contributed by atoms with Crippen LogP contribution in [0.1, 0.15) is 38.3 Å². The Hall–Kier alpha value is -1.72. The smallest absolute Gasteiger partial charge is 0.329 e. The van der Waals surface area contributed by atoms with E-state index in [0.717, 1.165) is 12.8 Å². The number of aliphatic carboxylic acids is 1. The molecule has 104 valence electrons. The average Bonchev–Trinajstić information content (AvgIpc) is 2.78. The zero-order chi connectivity index (χ0) is 14.0. The molecule has 0 bridgehead atoms. The third-order valence-corrected chi connectivity index (χ3v) is 3.75. The van der Waals surface area contributed by atoms with Crippen molar-refractivity contribution >= 4 is 11.8 Å². The van der Waals surface area contributed by atoms with Crippen molar-refractivity contribution in [2.45, 2.75) is 45.1 Å². The van der Waals surface area contributed by atoms with Gasteiger partial charge in [-0.05, 0) is 26.2 Å². The van der Waals surface area contributed by atoms with Gasteiger partial charge >= 0.3 is 5.97 Å². The van der Waals surface area contributed by atoms with Crippen LogP contribution in [-0.4, -0.2) is 33.1 Å². The Labute approximate surface area is 111 Å². The van der Waals surface area contributed by atoms with Crippen molar-refractivity contribution in [2.24, 2.45) is 0 Å². The summed E-state index contributed by atoms with van der Waals surface area (Å²) in [6.07, 6.45) is 3.76. The highest BCUT2D eigenvalue weighted by atomic mass is 19.1. The number of hydrogen-bond acceptors (Lipinski definition) is 4. The first-order valence-corrected chi connectivity index (χ1v) is 6.51. The van der Waals surface area contributed by atoms with Crippen LogP contribution in [-0.2, 0) is 4.79 Å². The fraction of sp³-hybridized carbons (Fsp3) is 0.615. The van der Waals surface area contributed by atoms with Gasteiger partial charge in [0.05, 0.1) is 5.69 Å². The second kappa shape index (κ2) is 5.11. The first-order valence-electron chi connectivity index (χ1n) is 6.51. The van der Waals surface area contributed by atoms with Crippen molar-refractivity contribution in [3.8, 4) is 0 Å². The second-order valence-electron chi connectivity index (χ2n) is 4.94. The molecule has 0 spiro atoms. The van der Waals surface area contributed by atoms with Crippen molar-refractivity contribution in [3.63, 3.8) is 0 Å². The van der Waals surface area contributed by atoms with Crippen LogP contribution in [0.5, 0.6) is 0 Å². The number of halogens is 1. The van der Waals surface area contributed by atoms with E-state index in [0.29, 0.717) is 19.4 Å². The molecule has 1 aromatic rings. The van der Waals surface area contributed by atoms with Crippen LogP contribution in [0.2, 0.25) is 0 Å². The summed E-state index contributed by atoms with van der Waals surface area (Å²) in [5, 5.41) is 9.58. The lowest BCUT2D eigenvalue weighted by molar-refractivity contribution is -0.143. The predicted molar refractivity (Wildman–Crippen MR) is 68.6 cm³/mol. The summed E-state index contributed by atoms with van der Waals surface area (Å²) in [5.74, 6) is -1.31. The Kier molecular flexibility index (Phi) is 3.68. The van der Waals surface area contributed by atoms with Crippen molar-refractivity contribution in [3.05, 3.63) is 17.8 Å². The Morgan fingerprint density at radius 1 is 1.58 bits per heavy atom. The molecular formula is C13H18FN3O2. The fourth-order valence-electron chi connectivity index (χ4n) is 2.82. The van der Waals surface area contributed by atoms with Gasteiger partial charge in [0, 0.05) is 6.54 Å². The zero-order valence-electron chi connectivity index (χ0n) is 11.2. The lowest BCUT2D eigenvalue weighted by atomic mass is 9.90. The number of aryl methyl sites for hydroxylation is 1. The zero-order valence-corrected chi connectivity index (χ0v) is 11.2. The summed E-state index contributed by atoms with van der Waals surface area (Å²) in [6.45, 7) is 4.00. The molecule has 1 aliphatic heterocycles. The van der Waals surface area contributed by atoms with Crippen LogP contribution in [0, 0.1) is 12.7 Å². The van der Waals surface area contributed by atoms with Gasteiger partial charge in [0.1, 0.15) is 11.9 Å². The highest BCUT2D eigenvalue weighted by molar-refractivity contribution is 5.84. The summed E-state index contributed by atoms with van der Waals surface area (Å²) in [6, 6.07) is 0. The van der Waals surface area contributed by atoms with Gasteiger partial charge in [0.25, 0.3) is 0 Å². The number of hydrogen-bond donors (Lipinski definition) is 1. The number of carbonyl (C=O) groups is 1. The van der Waals surface area contributed by atoms with E-state index >= 15 is 0 Å². The van der Waals surface area contributed by atoms with Crippen LogP contribution in [0.25, 0.3) is 0 Å². The fourth-order valence-corrected chi connectivity index (χ4v) is 2.82. The third kappa shape index (κ3) is 2.15.